The molecule has 0 saturated heterocycles. The maximum Gasteiger partial charge on any atom is 0.471 e. The zero-order valence-corrected chi connectivity index (χ0v) is 12.2. The lowest BCUT2D eigenvalue weighted by Crippen LogP contribution is -2.39. The van der Waals surface area contributed by atoms with Gasteiger partial charge in [-0.2, -0.15) is 23.2 Å². The number of hydroxylamine groups is 1. The average molecular weight is 330 g/mol. The van der Waals surface area contributed by atoms with E-state index in [1.165, 1.54) is 31.4 Å². The van der Waals surface area contributed by atoms with Crippen LogP contribution < -0.4 is 10.4 Å². The second kappa shape index (κ2) is 6.65. The number of aromatic nitrogens is 2. The van der Waals surface area contributed by atoms with E-state index in [9.17, 15) is 18.0 Å². The van der Waals surface area contributed by atoms with Crippen LogP contribution in [0.1, 0.15) is 12.8 Å². The Hall–Kier alpha value is -2.62. The van der Waals surface area contributed by atoms with E-state index in [-0.39, 0.29) is 5.82 Å². The molecule has 23 heavy (non-hydrogen) atoms. The van der Waals surface area contributed by atoms with Crippen LogP contribution in [0.25, 0.3) is 11.4 Å². The van der Waals surface area contributed by atoms with Crippen LogP contribution in [0.4, 0.5) is 23.7 Å². The van der Waals surface area contributed by atoms with Crippen LogP contribution in [-0.2, 0) is 11.0 Å². The molecule has 1 aromatic heterocycles. The number of nitrogens with zero attached hydrogens (tertiary/aromatic N) is 3. The summed E-state index contributed by atoms with van der Waals surface area (Å²) in [5, 5.41) is 6.85. The Morgan fingerprint density at radius 2 is 2.00 bits per heavy atom. The number of benzene rings is 1. The minimum atomic E-state index is -4.70. The number of alkyl halides is 3. The maximum atomic E-state index is 12.4. The molecule has 0 aliphatic carbocycles. The molecule has 0 fully saturated rings. The first-order valence-electron chi connectivity index (χ1n) is 6.50. The largest absolute Gasteiger partial charge is 0.471 e. The van der Waals surface area contributed by atoms with Crippen LogP contribution in [0.15, 0.2) is 28.8 Å². The number of hydrogen-bond acceptors (Lipinski definition) is 5. The Balaban J connectivity index is 2.22. The molecule has 1 N–H and O–H groups in total. The van der Waals surface area contributed by atoms with Crippen molar-refractivity contribution in [2.45, 2.75) is 13.1 Å². The van der Waals surface area contributed by atoms with Crippen molar-refractivity contribution in [1.29, 1.82) is 0 Å². The van der Waals surface area contributed by atoms with E-state index in [0.717, 1.165) is 5.06 Å². The third-order valence-corrected chi connectivity index (χ3v) is 2.72. The number of rotatable bonds is 4. The van der Waals surface area contributed by atoms with E-state index in [2.05, 4.69) is 20.0 Å². The van der Waals surface area contributed by atoms with E-state index in [1.54, 1.807) is 6.92 Å². The normalized spacial score (nSPS) is 11.3. The first kappa shape index (κ1) is 16.7. The van der Waals surface area contributed by atoms with Gasteiger partial charge in [-0.15, -0.1) is 0 Å². The summed E-state index contributed by atoms with van der Waals surface area (Å²) in [7, 11) is 1.32. The molecule has 0 aliphatic rings. The van der Waals surface area contributed by atoms with Gasteiger partial charge in [0.15, 0.2) is 0 Å². The first-order chi connectivity index (χ1) is 10.9. The van der Waals surface area contributed by atoms with Gasteiger partial charge in [0.05, 0.1) is 12.8 Å². The monoisotopic (exact) mass is 330 g/mol. The fourth-order valence-corrected chi connectivity index (χ4v) is 1.73. The summed E-state index contributed by atoms with van der Waals surface area (Å²) in [6.45, 7) is 2.17. The summed E-state index contributed by atoms with van der Waals surface area (Å²) >= 11 is 0. The molecule has 1 heterocycles. The van der Waals surface area contributed by atoms with Crippen LogP contribution in [0.5, 0.6) is 0 Å². The number of urea groups is 1. The van der Waals surface area contributed by atoms with Gasteiger partial charge >= 0.3 is 18.1 Å². The zero-order chi connectivity index (χ0) is 17.0. The topological polar surface area (TPSA) is 80.5 Å². The van der Waals surface area contributed by atoms with E-state index in [1.807, 2.05) is 0 Å². The highest BCUT2D eigenvalue weighted by molar-refractivity contribution is 5.90. The van der Waals surface area contributed by atoms with Crippen LogP contribution in [-0.4, -0.2) is 29.8 Å². The molecule has 0 radical (unpaired) electrons. The Labute approximate surface area is 129 Å². The van der Waals surface area contributed by atoms with Gasteiger partial charge in [-0.05, 0) is 31.2 Å². The Kier molecular flexibility index (Phi) is 4.84. The fourth-order valence-electron chi connectivity index (χ4n) is 1.73. The molecule has 10 heteroatoms. The lowest BCUT2D eigenvalue weighted by atomic mass is 10.2. The van der Waals surface area contributed by atoms with Crippen LogP contribution in [0.3, 0.4) is 0 Å². The molecule has 7 nitrogen and oxygen atoms in total. The van der Waals surface area contributed by atoms with Crippen LogP contribution in [0, 0.1) is 0 Å². The minimum Gasteiger partial charge on any atom is -0.336 e. The molecule has 0 unspecified atom stereocenters. The van der Waals surface area contributed by atoms with Crippen molar-refractivity contribution in [2.24, 2.45) is 0 Å². The number of carbonyl (C=O) groups excluding carboxylic acids is 1. The predicted octanol–water partition coefficient (Wildman–Crippen LogP) is 2.85. The van der Waals surface area contributed by atoms with Gasteiger partial charge < -0.3 is 9.84 Å². The van der Waals surface area contributed by atoms with Gasteiger partial charge in [-0.1, -0.05) is 5.16 Å². The number of halogens is 3. The van der Waals surface area contributed by atoms with E-state index < -0.39 is 18.1 Å². The molecule has 0 saturated carbocycles. The molecule has 0 aliphatic heterocycles. The molecule has 0 atom stereocenters. The molecule has 0 spiro atoms. The fraction of sp³-hybridized carbons (Fsp3) is 0.308. The van der Waals surface area contributed by atoms with Gasteiger partial charge in [-0.3, -0.25) is 4.84 Å². The lowest BCUT2D eigenvalue weighted by Gasteiger charge is -2.19. The molecule has 1 aromatic carbocycles. The SMILES string of the molecule is CCNC(=O)N(OC)c1ccc(-c2noc(C(F)(F)F)n2)cc1. The average Bonchev–Trinajstić information content (AvgIpc) is 2.99. The summed E-state index contributed by atoms with van der Waals surface area (Å²) in [6.07, 6.45) is -4.70. The van der Waals surface area contributed by atoms with Crippen molar-refractivity contribution in [1.82, 2.24) is 15.5 Å². The summed E-state index contributed by atoms with van der Waals surface area (Å²) in [6, 6.07) is 5.40. The van der Waals surface area contributed by atoms with Crippen molar-refractivity contribution in [3.8, 4) is 11.4 Å². The number of nitrogens with one attached hydrogen (secondary N) is 1. The van der Waals surface area contributed by atoms with Gasteiger partial charge in [0.1, 0.15) is 0 Å². The van der Waals surface area contributed by atoms with Crippen molar-refractivity contribution < 1.29 is 27.3 Å². The second-order valence-corrected chi connectivity index (χ2v) is 4.28. The highest BCUT2D eigenvalue weighted by atomic mass is 19.4. The standard InChI is InChI=1S/C13H13F3N4O3/c1-3-17-12(21)20(22-2)9-6-4-8(5-7-9)10-18-11(23-19-10)13(14,15)16/h4-7H,3H2,1-2H3,(H,17,21). The number of carbonyl (C=O) groups is 1. The second-order valence-electron chi connectivity index (χ2n) is 4.28. The van der Waals surface area contributed by atoms with Crippen molar-refractivity contribution in [2.75, 3.05) is 18.7 Å². The minimum absolute atomic E-state index is 0.203. The maximum absolute atomic E-state index is 12.4. The smallest absolute Gasteiger partial charge is 0.336 e. The molecule has 0 bridgehead atoms. The van der Waals surface area contributed by atoms with Gasteiger partial charge in [0.25, 0.3) is 0 Å². The van der Waals surface area contributed by atoms with Gasteiger partial charge in [0.2, 0.25) is 5.82 Å². The van der Waals surface area contributed by atoms with E-state index in [0.29, 0.717) is 17.8 Å². The molecule has 2 rings (SSSR count). The quantitative estimate of drug-likeness (QED) is 0.872. The number of amides is 2. The predicted molar refractivity (Wildman–Crippen MR) is 73.3 cm³/mol. The summed E-state index contributed by atoms with van der Waals surface area (Å²) < 4.78 is 41.5. The first-order valence-corrected chi connectivity index (χ1v) is 6.50. The molecular formula is C13H13F3N4O3. The van der Waals surface area contributed by atoms with Crippen LogP contribution in [0.2, 0.25) is 0 Å². The number of hydrogen-bond donors (Lipinski definition) is 1. The van der Waals surface area contributed by atoms with E-state index in [4.69, 9.17) is 4.84 Å². The summed E-state index contributed by atoms with van der Waals surface area (Å²) in [5.41, 5.74) is 0.696. The third-order valence-electron chi connectivity index (χ3n) is 2.72. The summed E-state index contributed by atoms with van der Waals surface area (Å²) in [4.78, 5) is 20.0. The molecule has 124 valence electrons. The third kappa shape index (κ3) is 3.77. The number of anilines is 1. The Morgan fingerprint density at radius 1 is 1.35 bits per heavy atom. The van der Waals surface area contributed by atoms with Crippen LogP contribution >= 0.6 is 0 Å². The lowest BCUT2D eigenvalue weighted by molar-refractivity contribution is -0.159. The highest BCUT2D eigenvalue weighted by Gasteiger charge is 2.38. The Morgan fingerprint density at radius 3 is 2.48 bits per heavy atom. The molecular weight excluding hydrogens is 317 g/mol. The van der Waals surface area contributed by atoms with E-state index >= 15 is 0 Å². The van der Waals surface area contributed by atoms with Crippen molar-refractivity contribution in [3.05, 3.63) is 30.2 Å². The van der Waals surface area contributed by atoms with Gasteiger partial charge in [0, 0.05) is 12.1 Å². The summed E-state index contributed by atoms with van der Waals surface area (Å²) in [5.74, 6) is -1.62. The van der Waals surface area contributed by atoms with Gasteiger partial charge in [-0.25, -0.2) is 4.79 Å². The Bertz CT molecular complexity index is 670. The molecule has 2 amide bonds. The zero-order valence-electron chi connectivity index (χ0n) is 12.2. The highest BCUT2D eigenvalue weighted by Crippen LogP contribution is 2.29. The molecule has 2 aromatic rings. The van der Waals surface area contributed by atoms with Crippen molar-refractivity contribution in [3.63, 3.8) is 0 Å². The van der Waals surface area contributed by atoms with Crippen molar-refractivity contribution >= 4 is 11.7 Å².